The Kier molecular flexibility index (Phi) is 8.39. The molecule has 0 saturated carbocycles. The quantitative estimate of drug-likeness (QED) is 0.195. The second kappa shape index (κ2) is 12.5. The molecule has 1 N–H and O–H groups in total. The third-order valence-electron chi connectivity index (χ3n) is 7.09. The van der Waals surface area contributed by atoms with Crippen LogP contribution in [0.1, 0.15) is 18.9 Å². The van der Waals surface area contributed by atoms with Gasteiger partial charge in [-0.1, -0.05) is 55.5 Å². The number of methoxy groups -OCH3 is 1. The molecule has 0 aliphatic heterocycles. The van der Waals surface area contributed by atoms with Gasteiger partial charge in [0.15, 0.2) is 0 Å². The highest BCUT2D eigenvalue weighted by atomic mass is 16.6. The monoisotopic (exact) mass is 552 g/mol. The molecule has 5 aromatic rings. The van der Waals surface area contributed by atoms with Crippen LogP contribution in [-0.4, -0.2) is 46.4 Å². The van der Waals surface area contributed by atoms with Crippen molar-refractivity contribution in [1.82, 2.24) is 9.47 Å². The molecule has 210 valence electrons. The van der Waals surface area contributed by atoms with Crippen molar-refractivity contribution in [2.24, 2.45) is 0 Å². The fourth-order valence-electron chi connectivity index (χ4n) is 5.02. The number of aliphatic carboxylic acids is 1. The van der Waals surface area contributed by atoms with Gasteiger partial charge in [-0.15, -0.1) is 0 Å². The van der Waals surface area contributed by atoms with E-state index in [2.05, 4.69) is 41.0 Å². The Morgan fingerprint density at radius 2 is 1.37 bits per heavy atom. The van der Waals surface area contributed by atoms with Crippen LogP contribution in [0.4, 0.5) is 4.79 Å². The number of rotatable bonds is 11. The zero-order valence-electron chi connectivity index (χ0n) is 23.0. The topological polar surface area (TPSA) is 90.2 Å². The Morgan fingerprint density at radius 3 is 1.93 bits per heavy atom. The summed E-state index contributed by atoms with van der Waals surface area (Å²) >= 11 is 0. The lowest BCUT2D eigenvalue weighted by molar-refractivity contribution is -0.142. The molecule has 4 aromatic carbocycles. The average molecular weight is 553 g/mol. The lowest BCUT2D eigenvalue weighted by Crippen LogP contribution is -2.45. The average Bonchev–Trinajstić information content (AvgIpc) is 3.31. The van der Waals surface area contributed by atoms with Crippen molar-refractivity contribution < 1.29 is 28.9 Å². The van der Waals surface area contributed by atoms with E-state index in [1.807, 2.05) is 36.4 Å². The predicted octanol–water partition coefficient (Wildman–Crippen LogP) is 6.75. The molecular weight excluding hydrogens is 520 g/mol. The number of fused-ring (bicyclic) bond motifs is 3. The van der Waals surface area contributed by atoms with Crippen LogP contribution in [0, 0.1) is 0 Å². The third kappa shape index (κ3) is 6.11. The van der Waals surface area contributed by atoms with E-state index in [9.17, 15) is 14.7 Å². The highest BCUT2D eigenvalue weighted by Gasteiger charge is 2.30. The van der Waals surface area contributed by atoms with Gasteiger partial charge in [-0.2, -0.15) is 0 Å². The fourth-order valence-corrected chi connectivity index (χ4v) is 5.02. The van der Waals surface area contributed by atoms with Crippen molar-refractivity contribution in [3.63, 3.8) is 0 Å². The summed E-state index contributed by atoms with van der Waals surface area (Å²) in [6.07, 6.45) is -0.507. The van der Waals surface area contributed by atoms with Gasteiger partial charge in [0, 0.05) is 28.4 Å². The minimum atomic E-state index is -1.09. The van der Waals surface area contributed by atoms with E-state index in [1.165, 1.54) is 15.7 Å². The van der Waals surface area contributed by atoms with E-state index < -0.39 is 18.1 Å². The summed E-state index contributed by atoms with van der Waals surface area (Å²) in [4.78, 5) is 26.2. The first-order chi connectivity index (χ1) is 20.0. The molecule has 41 heavy (non-hydrogen) atoms. The number of hydrogen-bond donors (Lipinski definition) is 1. The van der Waals surface area contributed by atoms with Crippen LogP contribution in [0.5, 0.6) is 17.2 Å². The summed E-state index contributed by atoms with van der Waals surface area (Å²) in [5, 5.41) is 12.2. The summed E-state index contributed by atoms with van der Waals surface area (Å²) in [6.45, 7) is 2.94. The van der Waals surface area contributed by atoms with Crippen LogP contribution < -0.4 is 14.2 Å². The molecule has 0 bridgehead atoms. The minimum absolute atomic E-state index is 0.0709. The third-order valence-corrected chi connectivity index (χ3v) is 7.09. The standard InChI is InChI=1S/C33H32N2O6/c1-3-29(32(36)37)35(33(38)41-26-18-16-24(39-2)17-19-26)22-23-12-14-25(15-13-23)40-21-20-34-30-10-6-4-8-27(30)28-9-5-7-11-31(28)34/h4-19,29H,3,20-22H2,1-2H3,(H,36,37). The number of carbonyl (C=O) groups excluding carboxylic acids is 1. The number of hydrogen-bond acceptors (Lipinski definition) is 5. The summed E-state index contributed by atoms with van der Waals surface area (Å²) in [5.74, 6) is 0.514. The molecule has 1 atom stereocenters. The Hall–Kier alpha value is -4.98. The van der Waals surface area contributed by atoms with Crippen molar-refractivity contribution in [2.75, 3.05) is 13.7 Å². The van der Waals surface area contributed by atoms with Crippen molar-refractivity contribution in [3.8, 4) is 17.2 Å². The molecule has 0 spiro atoms. The van der Waals surface area contributed by atoms with E-state index >= 15 is 0 Å². The molecular formula is C33H32N2O6. The van der Waals surface area contributed by atoms with Crippen LogP contribution in [-0.2, 0) is 17.9 Å². The van der Waals surface area contributed by atoms with Crippen LogP contribution in [0.2, 0.25) is 0 Å². The summed E-state index contributed by atoms with van der Waals surface area (Å²) in [7, 11) is 1.55. The first-order valence-electron chi connectivity index (χ1n) is 13.5. The maximum absolute atomic E-state index is 13.1. The largest absolute Gasteiger partial charge is 0.497 e. The van der Waals surface area contributed by atoms with Crippen LogP contribution >= 0.6 is 0 Å². The van der Waals surface area contributed by atoms with Crippen molar-refractivity contribution in [3.05, 3.63) is 103 Å². The van der Waals surface area contributed by atoms with Gasteiger partial charge >= 0.3 is 12.1 Å². The van der Waals surface area contributed by atoms with Gasteiger partial charge in [-0.25, -0.2) is 9.59 Å². The number of aromatic nitrogens is 1. The zero-order valence-corrected chi connectivity index (χ0v) is 23.0. The number of carboxylic acid groups (broad SMARTS) is 1. The van der Waals surface area contributed by atoms with Crippen LogP contribution in [0.3, 0.4) is 0 Å². The Labute approximate surface area is 238 Å². The van der Waals surface area contributed by atoms with Gasteiger partial charge in [0.05, 0.1) is 13.7 Å². The number of carbonyl (C=O) groups is 2. The first kappa shape index (κ1) is 27.6. The van der Waals surface area contributed by atoms with Crippen molar-refractivity contribution in [1.29, 1.82) is 0 Å². The summed E-state index contributed by atoms with van der Waals surface area (Å²) in [5.41, 5.74) is 3.09. The highest BCUT2D eigenvalue weighted by Crippen LogP contribution is 2.28. The van der Waals surface area contributed by atoms with E-state index in [4.69, 9.17) is 14.2 Å². The first-order valence-corrected chi connectivity index (χ1v) is 13.5. The molecule has 0 fully saturated rings. The molecule has 0 aliphatic carbocycles. The number of nitrogens with zero attached hydrogens (tertiary/aromatic N) is 2. The normalized spacial score (nSPS) is 11.8. The molecule has 0 aliphatic rings. The Morgan fingerprint density at radius 1 is 0.805 bits per heavy atom. The molecule has 1 heterocycles. The van der Waals surface area contributed by atoms with E-state index in [1.54, 1.807) is 38.3 Å². The van der Waals surface area contributed by atoms with Gasteiger partial charge in [0.1, 0.15) is 29.9 Å². The van der Waals surface area contributed by atoms with Crippen LogP contribution in [0.15, 0.2) is 97.1 Å². The summed E-state index contributed by atoms with van der Waals surface area (Å²) < 4.78 is 19.0. The maximum atomic E-state index is 13.1. The molecule has 1 amide bonds. The molecule has 5 rings (SSSR count). The molecule has 0 radical (unpaired) electrons. The number of ether oxygens (including phenoxy) is 3. The van der Waals surface area contributed by atoms with Crippen molar-refractivity contribution in [2.45, 2.75) is 32.5 Å². The van der Waals surface area contributed by atoms with E-state index in [0.717, 1.165) is 16.6 Å². The number of carboxylic acids is 1. The number of benzene rings is 4. The number of para-hydroxylation sites is 2. The maximum Gasteiger partial charge on any atom is 0.416 e. The van der Waals surface area contributed by atoms with Gasteiger partial charge < -0.3 is 23.9 Å². The lowest BCUT2D eigenvalue weighted by atomic mass is 10.1. The molecule has 1 aromatic heterocycles. The Balaban J connectivity index is 1.25. The minimum Gasteiger partial charge on any atom is -0.497 e. The fraction of sp³-hybridized carbons (Fsp3) is 0.212. The molecule has 8 nitrogen and oxygen atoms in total. The smallest absolute Gasteiger partial charge is 0.416 e. The second-order valence-electron chi connectivity index (χ2n) is 9.61. The molecule has 8 heteroatoms. The Bertz CT molecular complexity index is 1590. The van der Waals surface area contributed by atoms with Gasteiger partial charge in [-0.05, 0) is 60.5 Å². The van der Waals surface area contributed by atoms with E-state index in [0.29, 0.717) is 30.4 Å². The van der Waals surface area contributed by atoms with Gasteiger partial charge in [-0.3, -0.25) is 4.90 Å². The zero-order chi connectivity index (χ0) is 28.8. The number of amides is 1. The van der Waals surface area contributed by atoms with Crippen LogP contribution in [0.25, 0.3) is 21.8 Å². The molecule has 1 unspecified atom stereocenters. The second-order valence-corrected chi connectivity index (χ2v) is 9.61. The highest BCUT2D eigenvalue weighted by molar-refractivity contribution is 6.07. The SMILES string of the molecule is CCC(C(=O)O)N(Cc1ccc(OCCn2c3ccccc3c3ccccc32)cc1)C(=O)Oc1ccc(OC)cc1. The van der Waals surface area contributed by atoms with Gasteiger partial charge in [0.25, 0.3) is 0 Å². The van der Waals surface area contributed by atoms with E-state index in [-0.39, 0.29) is 13.0 Å². The summed E-state index contributed by atoms with van der Waals surface area (Å²) in [6, 6.07) is 29.5. The predicted molar refractivity (Wildman–Crippen MR) is 158 cm³/mol. The molecule has 0 saturated heterocycles. The van der Waals surface area contributed by atoms with Crippen molar-refractivity contribution >= 4 is 33.9 Å². The lowest BCUT2D eigenvalue weighted by Gasteiger charge is -2.27. The van der Waals surface area contributed by atoms with Gasteiger partial charge in [0.2, 0.25) is 0 Å².